The molecule has 0 bridgehead atoms. The van der Waals surface area contributed by atoms with Gasteiger partial charge in [-0.25, -0.2) is 0 Å². The Hall–Kier alpha value is -1.43. The van der Waals surface area contributed by atoms with E-state index in [-0.39, 0.29) is 6.10 Å². The number of benzene rings is 1. The minimum absolute atomic E-state index is 0.280. The molecule has 118 valence electrons. The summed E-state index contributed by atoms with van der Waals surface area (Å²) in [5.74, 6) is 1.19. The van der Waals surface area contributed by atoms with Crippen LogP contribution in [0.25, 0.3) is 11.4 Å². The van der Waals surface area contributed by atoms with E-state index in [1.165, 1.54) is 0 Å². The van der Waals surface area contributed by atoms with Crippen molar-refractivity contribution in [2.75, 3.05) is 6.54 Å². The summed E-state index contributed by atoms with van der Waals surface area (Å²) in [6.45, 7) is 3.48. The van der Waals surface area contributed by atoms with E-state index in [1.54, 1.807) is 0 Å². The summed E-state index contributed by atoms with van der Waals surface area (Å²) >= 11 is 5.88. The van der Waals surface area contributed by atoms with Gasteiger partial charge in [-0.15, -0.1) is 0 Å². The molecule has 1 fully saturated rings. The normalized spacial score (nSPS) is 20.4. The second-order valence-electron chi connectivity index (χ2n) is 5.87. The average molecular weight is 322 g/mol. The maximum absolute atomic E-state index is 9.58. The number of aromatic nitrogens is 2. The Morgan fingerprint density at radius 3 is 2.91 bits per heavy atom. The second-order valence-corrected chi connectivity index (χ2v) is 6.31. The van der Waals surface area contributed by atoms with Crippen molar-refractivity contribution in [3.63, 3.8) is 0 Å². The van der Waals surface area contributed by atoms with Gasteiger partial charge < -0.3 is 9.63 Å². The van der Waals surface area contributed by atoms with Gasteiger partial charge >= 0.3 is 0 Å². The van der Waals surface area contributed by atoms with E-state index >= 15 is 0 Å². The number of aliphatic hydroxyl groups excluding tert-OH is 1. The Balaban J connectivity index is 1.67. The summed E-state index contributed by atoms with van der Waals surface area (Å²) in [6, 6.07) is 7.77. The maximum atomic E-state index is 9.58. The number of hydrogen-bond donors (Lipinski definition) is 1. The van der Waals surface area contributed by atoms with E-state index < -0.39 is 0 Å². The van der Waals surface area contributed by atoms with E-state index in [2.05, 4.69) is 15.0 Å². The molecule has 2 heterocycles. The third kappa shape index (κ3) is 3.66. The molecule has 1 N–H and O–H groups in total. The minimum atomic E-state index is -0.280. The molecule has 1 aliphatic rings. The van der Waals surface area contributed by atoms with Crippen molar-refractivity contribution in [3.05, 3.63) is 35.2 Å². The van der Waals surface area contributed by atoms with Gasteiger partial charge in [0.1, 0.15) is 0 Å². The third-order valence-corrected chi connectivity index (χ3v) is 4.27. The fourth-order valence-electron chi connectivity index (χ4n) is 2.97. The van der Waals surface area contributed by atoms with Gasteiger partial charge in [0.2, 0.25) is 11.7 Å². The lowest BCUT2D eigenvalue weighted by molar-refractivity contribution is 0.124. The summed E-state index contributed by atoms with van der Waals surface area (Å²) < 4.78 is 5.37. The standard InChI is InChI=1S/C16H20ClN3O2/c1-11(21)9-14-3-2-8-20(14)10-15-18-16(19-22-15)12-4-6-13(17)7-5-12/h4-7,11,14,21H,2-3,8-10H2,1H3. The molecular weight excluding hydrogens is 302 g/mol. The molecule has 3 rings (SSSR count). The molecule has 1 aromatic carbocycles. The van der Waals surface area contributed by atoms with E-state index in [0.717, 1.165) is 31.4 Å². The zero-order valence-corrected chi connectivity index (χ0v) is 13.3. The van der Waals surface area contributed by atoms with Crippen LogP contribution >= 0.6 is 11.6 Å². The Morgan fingerprint density at radius 2 is 2.18 bits per heavy atom. The fraction of sp³-hybridized carbons (Fsp3) is 0.500. The summed E-state index contributed by atoms with van der Waals surface area (Å²) in [5, 5.41) is 14.3. The summed E-state index contributed by atoms with van der Waals surface area (Å²) in [6.07, 6.45) is 2.77. The van der Waals surface area contributed by atoms with Crippen molar-refractivity contribution in [2.24, 2.45) is 0 Å². The molecule has 2 unspecified atom stereocenters. The quantitative estimate of drug-likeness (QED) is 0.916. The number of halogens is 1. The van der Waals surface area contributed by atoms with Crippen LogP contribution in [0.3, 0.4) is 0 Å². The first-order chi connectivity index (χ1) is 10.6. The SMILES string of the molecule is CC(O)CC1CCCN1Cc1nc(-c2ccc(Cl)cc2)no1. The lowest BCUT2D eigenvalue weighted by atomic mass is 10.1. The predicted octanol–water partition coefficient (Wildman–Crippen LogP) is 3.13. The number of aliphatic hydroxyl groups is 1. The summed E-state index contributed by atoms with van der Waals surface area (Å²) in [4.78, 5) is 6.77. The lowest BCUT2D eigenvalue weighted by Crippen LogP contribution is -2.31. The van der Waals surface area contributed by atoms with Gasteiger partial charge in [0.25, 0.3) is 0 Å². The smallest absolute Gasteiger partial charge is 0.241 e. The molecule has 0 radical (unpaired) electrons. The first-order valence-electron chi connectivity index (χ1n) is 7.62. The van der Waals surface area contributed by atoms with Gasteiger partial charge in [0.15, 0.2) is 0 Å². The largest absolute Gasteiger partial charge is 0.393 e. The Morgan fingerprint density at radius 1 is 1.41 bits per heavy atom. The van der Waals surface area contributed by atoms with Crippen LogP contribution in [-0.2, 0) is 6.54 Å². The van der Waals surface area contributed by atoms with Crippen molar-refractivity contribution in [1.29, 1.82) is 0 Å². The molecule has 6 heteroatoms. The zero-order valence-electron chi connectivity index (χ0n) is 12.6. The number of hydrogen-bond acceptors (Lipinski definition) is 5. The Bertz CT molecular complexity index is 612. The topological polar surface area (TPSA) is 62.4 Å². The van der Waals surface area contributed by atoms with Crippen LogP contribution in [0, 0.1) is 0 Å². The third-order valence-electron chi connectivity index (χ3n) is 4.02. The molecule has 1 saturated heterocycles. The minimum Gasteiger partial charge on any atom is -0.393 e. The van der Waals surface area contributed by atoms with Crippen LogP contribution in [0.4, 0.5) is 0 Å². The molecule has 0 spiro atoms. The van der Waals surface area contributed by atoms with Crippen molar-refractivity contribution in [1.82, 2.24) is 15.0 Å². The van der Waals surface area contributed by atoms with Crippen LogP contribution in [0.2, 0.25) is 5.02 Å². The molecule has 0 saturated carbocycles. The second kappa shape index (κ2) is 6.77. The first-order valence-corrected chi connectivity index (χ1v) is 8.00. The monoisotopic (exact) mass is 321 g/mol. The molecule has 2 atom stereocenters. The van der Waals surface area contributed by atoms with Crippen molar-refractivity contribution < 1.29 is 9.63 Å². The van der Waals surface area contributed by atoms with Gasteiger partial charge in [-0.05, 0) is 57.0 Å². The zero-order chi connectivity index (χ0) is 15.5. The van der Waals surface area contributed by atoms with E-state index in [9.17, 15) is 5.11 Å². The van der Waals surface area contributed by atoms with Crippen LogP contribution in [0.15, 0.2) is 28.8 Å². The molecule has 2 aromatic rings. The molecule has 0 amide bonds. The Labute approximate surface area is 134 Å². The van der Waals surface area contributed by atoms with Gasteiger partial charge in [-0.2, -0.15) is 4.98 Å². The molecule has 0 aliphatic carbocycles. The average Bonchev–Trinajstić information content (AvgIpc) is 3.10. The highest BCUT2D eigenvalue weighted by Crippen LogP contribution is 2.24. The molecule has 1 aliphatic heterocycles. The van der Waals surface area contributed by atoms with Crippen LogP contribution in [0.5, 0.6) is 0 Å². The predicted molar refractivity (Wildman–Crippen MR) is 84.5 cm³/mol. The van der Waals surface area contributed by atoms with Crippen LogP contribution in [0.1, 0.15) is 32.1 Å². The maximum Gasteiger partial charge on any atom is 0.241 e. The van der Waals surface area contributed by atoms with Gasteiger partial charge in [-0.1, -0.05) is 16.8 Å². The van der Waals surface area contributed by atoms with Gasteiger partial charge in [-0.3, -0.25) is 4.90 Å². The van der Waals surface area contributed by atoms with E-state index in [4.69, 9.17) is 16.1 Å². The number of nitrogens with zero attached hydrogens (tertiary/aromatic N) is 3. The highest BCUT2D eigenvalue weighted by atomic mass is 35.5. The van der Waals surface area contributed by atoms with Crippen molar-refractivity contribution in [3.8, 4) is 11.4 Å². The first kappa shape index (κ1) is 15.5. The van der Waals surface area contributed by atoms with E-state index in [0.29, 0.717) is 29.3 Å². The molecule has 22 heavy (non-hydrogen) atoms. The van der Waals surface area contributed by atoms with Gasteiger partial charge in [0.05, 0.1) is 12.6 Å². The van der Waals surface area contributed by atoms with Gasteiger partial charge in [0, 0.05) is 16.6 Å². The van der Waals surface area contributed by atoms with E-state index in [1.807, 2.05) is 31.2 Å². The fourth-order valence-corrected chi connectivity index (χ4v) is 3.10. The number of likely N-dealkylation sites (tertiary alicyclic amines) is 1. The molecule has 1 aromatic heterocycles. The summed E-state index contributed by atoms with van der Waals surface area (Å²) in [5.41, 5.74) is 0.890. The number of rotatable bonds is 5. The lowest BCUT2D eigenvalue weighted by Gasteiger charge is -2.23. The Kier molecular flexibility index (Phi) is 4.76. The highest BCUT2D eigenvalue weighted by Gasteiger charge is 2.27. The highest BCUT2D eigenvalue weighted by molar-refractivity contribution is 6.30. The van der Waals surface area contributed by atoms with Crippen LogP contribution in [-0.4, -0.2) is 38.8 Å². The molecule has 5 nitrogen and oxygen atoms in total. The van der Waals surface area contributed by atoms with Crippen molar-refractivity contribution in [2.45, 2.75) is 44.9 Å². The van der Waals surface area contributed by atoms with Crippen molar-refractivity contribution >= 4 is 11.6 Å². The molecular formula is C16H20ClN3O2. The summed E-state index contributed by atoms with van der Waals surface area (Å²) in [7, 11) is 0. The van der Waals surface area contributed by atoms with Crippen LogP contribution < -0.4 is 0 Å².